The highest BCUT2D eigenvalue weighted by Crippen LogP contribution is 2.22. The van der Waals surface area contributed by atoms with Crippen molar-refractivity contribution in [3.8, 4) is 5.75 Å². The maximum Gasteiger partial charge on any atom is 0.279 e. The smallest absolute Gasteiger partial charge is 0.279 e. The lowest BCUT2D eigenvalue weighted by Gasteiger charge is -2.13. The molecule has 0 aliphatic carbocycles. The summed E-state index contributed by atoms with van der Waals surface area (Å²) >= 11 is 0. The van der Waals surface area contributed by atoms with Gasteiger partial charge in [0, 0.05) is 11.6 Å². The number of nitrogens with one attached hydrogen (secondary N) is 1. The minimum atomic E-state index is -0.618. The van der Waals surface area contributed by atoms with E-state index in [4.69, 9.17) is 4.74 Å². The van der Waals surface area contributed by atoms with Crippen LogP contribution in [0.15, 0.2) is 42.5 Å². The highest BCUT2D eigenvalue weighted by Gasteiger charge is 2.16. The summed E-state index contributed by atoms with van der Waals surface area (Å²) in [6.07, 6.45) is 0. The van der Waals surface area contributed by atoms with E-state index in [1.807, 2.05) is 0 Å². The molecule has 1 atom stereocenters. The lowest BCUT2D eigenvalue weighted by molar-refractivity contribution is -0.682. The standard InChI is InChI=1S/C17H18F2N2O2/c1-11(13-8-7-12(18)9-14(13)19)20-10-17(22)21-15-5-3-4-6-16(15)23-2/h3-9,11,20H,10H2,1-2H3,(H,21,22)/p+1/t11-/m0/s1. The molecule has 0 aromatic heterocycles. The number of rotatable bonds is 6. The number of hydrogen-bond acceptors (Lipinski definition) is 2. The van der Waals surface area contributed by atoms with Gasteiger partial charge in [-0.15, -0.1) is 0 Å². The Hall–Kier alpha value is -2.47. The molecule has 0 heterocycles. The summed E-state index contributed by atoms with van der Waals surface area (Å²) in [4.78, 5) is 12.0. The van der Waals surface area contributed by atoms with Gasteiger partial charge >= 0.3 is 0 Å². The summed E-state index contributed by atoms with van der Waals surface area (Å²) in [5.74, 6) is -0.895. The minimum Gasteiger partial charge on any atom is -0.495 e. The summed E-state index contributed by atoms with van der Waals surface area (Å²) in [5.41, 5.74) is 0.936. The first-order valence-electron chi connectivity index (χ1n) is 7.22. The van der Waals surface area contributed by atoms with Crippen LogP contribution in [0.4, 0.5) is 14.5 Å². The zero-order valence-corrected chi connectivity index (χ0v) is 13.0. The molecule has 0 saturated carbocycles. The Labute approximate surface area is 133 Å². The molecular formula is C17H19F2N2O2+. The van der Waals surface area contributed by atoms with Crippen molar-refractivity contribution >= 4 is 11.6 Å². The van der Waals surface area contributed by atoms with Crippen LogP contribution in [0, 0.1) is 11.6 Å². The number of carbonyl (C=O) groups excluding carboxylic acids is 1. The number of ether oxygens (including phenoxy) is 1. The van der Waals surface area contributed by atoms with Gasteiger partial charge in [0.2, 0.25) is 0 Å². The van der Waals surface area contributed by atoms with Crippen LogP contribution >= 0.6 is 0 Å². The first-order chi connectivity index (χ1) is 11.0. The zero-order chi connectivity index (χ0) is 16.8. The Kier molecular flexibility index (Phi) is 5.65. The van der Waals surface area contributed by atoms with Gasteiger partial charge in [-0.25, -0.2) is 8.78 Å². The molecule has 0 aliphatic rings. The summed E-state index contributed by atoms with van der Waals surface area (Å²) < 4.78 is 31.8. The molecule has 0 unspecified atom stereocenters. The summed E-state index contributed by atoms with van der Waals surface area (Å²) in [6, 6.07) is 10.2. The van der Waals surface area contributed by atoms with Crippen LogP contribution in [-0.4, -0.2) is 19.6 Å². The number of hydrogen-bond donors (Lipinski definition) is 2. The fraction of sp³-hybridized carbons (Fsp3) is 0.235. The number of carbonyl (C=O) groups is 1. The lowest BCUT2D eigenvalue weighted by Crippen LogP contribution is -2.86. The predicted octanol–water partition coefficient (Wildman–Crippen LogP) is 2.24. The Morgan fingerprint density at radius 1 is 1.26 bits per heavy atom. The van der Waals surface area contributed by atoms with Crippen LogP contribution < -0.4 is 15.4 Å². The minimum absolute atomic E-state index is 0.107. The van der Waals surface area contributed by atoms with Gasteiger partial charge in [0.15, 0.2) is 6.54 Å². The van der Waals surface area contributed by atoms with E-state index < -0.39 is 11.6 Å². The highest BCUT2D eigenvalue weighted by molar-refractivity contribution is 5.92. The number of methoxy groups -OCH3 is 1. The van der Waals surface area contributed by atoms with Gasteiger partial charge in [0.1, 0.15) is 23.4 Å². The molecule has 3 N–H and O–H groups in total. The fourth-order valence-corrected chi connectivity index (χ4v) is 2.23. The van der Waals surface area contributed by atoms with Gasteiger partial charge in [0.25, 0.3) is 5.91 Å². The molecule has 0 spiro atoms. The molecule has 6 heteroatoms. The molecule has 2 aromatic carbocycles. The van der Waals surface area contributed by atoms with Crippen LogP contribution in [0.25, 0.3) is 0 Å². The highest BCUT2D eigenvalue weighted by atomic mass is 19.1. The molecule has 0 radical (unpaired) electrons. The van der Waals surface area contributed by atoms with Gasteiger partial charge in [-0.1, -0.05) is 12.1 Å². The summed E-state index contributed by atoms with van der Waals surface area (Å²) in [6.45, 7) is 1.86. The molecular weight excluding hydrogens is 302 g/mol. The van der Waals surface area contributed by atoms with Crippen LogP contribution in [0.2, 0.25) is 0 Å². The fourth-order valence-electron chi connectivity index (χ4n) is 2.23. The first kappa shape index (κ1) is 16.9. The second-order valence-electron chi connectivity index (χ2n) is 5.14. The number of amides is 1. The van der Waals surface area contributed by atoms with E-state index in [1.165, 1.54) is 19.2 Å². The maximum absolute atomic E-state index is 13.7. The van der Waals surface area contributed by atoms with Crippen LogP contribution in [0.5, 0.6) is 5.75 Å². The summed E-state index contributed by atoms with van der Waals surface area (Å²) in [5, 5.41) is 4.42. The first-order valence-corrected chi connectivity index (χ1v) is 7.22. The number of quaternary nitrogens is 1. The van der Waals surface area contributed by atoms with Crippen molar-refractivity contribution in [2.75, 3.05) is 19.0 Å². The van der Waals surface area contributed by atoms with E-state index in [0.717, 1.165) is 6.07 Å². The zero-order valence-electron chi connectivity index (χ0n) is 13.0. The van der Waals surface area contributed by atoms with E-state index in [-0.39, 0.29) is 18.5 Å². The molecule has 0 aliphatic heterocycles. The molecule has 4 nitrogen and oxygen atoms in total. The number of benzene rings is 2. The Bertz CT molecular complexity index is 692. The van der Waals surface area contributed by atoms with Gasteiger partial charge in [0.05, 0.1) is 12.8 Å². The van der Waals surface area contributed by atoms with Crippen molar-refractivity contribution < 1.29 is 23.6 Å². The van der Waals surface area contributed by atoms with Crippen molar-refractivity contribution in [2.45, 2.75) is 13.0 Å². The monoisotopic (exact) mass is 321 g/mol. The molecule has 0 fully saturated rings. The number of halogens is 2. The lowest BCUT2D eigenvalue weighted by atomic mass is 10.1. The number of nitrogens with two attached hydrogens (primary N) is 1. The van der Waals surface area contributed by atoms with Crippen molar-refractivity contribution in [3.63, 3.8) is 0 Å². The van der Waals surface area contributed by atoms with E-state index in [2.05, 4.69) is 5.32 Å². The second kappa shape index (κ2) is 7.69. The Morgan fingerprint density at radius 2 is 2.00 bits per heavy atom. The summed E-state index contributed by atoms with van der Waals surface area (Å²) in [7, 11) is 1.52. The molecule has 2 rings (SSSR count). The van der Waals surface area contributed by atoms with Crippen molar-refractivity contribution in [1.29, 1.82) is 0 Å². The number of anilines is 1. The quantitative estimate of drug-likeness (QED) is 0.857. The normalized spacial score (nSPS) is 11.8. The topological polar surface area (TPSA) is 54.9 Å². The maximum atomic E-state index is 13.7. The molecule has 122 valence electrons. The van der Waals surface area contributed by atoms with Crippen molar-refractivity contribution in [2.24, 2.45) is 0 Å². The number of para-hydroxylation sites is 2. The van der Waals surface area contributed by atoms with Crippen LogP contribution in [0.1, 0.15) is 18.5 Å². The van der Waals surface area contributed by atoms with Gasteiger partial charge < -0.3 is 15.4 Å². The third-order valence-corrected chi connectivity index (χ3v) is 3.49. The van der Waals surface area contributed by atoms with Gasteiger partial charge in [-0.05, 0) is 31.2 Å². The molecule has 23 heavy (non-hydrogen) atoms. The van der Waals surface area contributed by atoms with Crippen molar-refractivity contribution in [3.05, 3.63) is 59.7 Å². The Morgan fingerprint density at radius 3 is 2.70 bits per heavy atom. The van der Waals surface area contributed by atoms with E-state index >= 15 is 0 Å². The third-order valence-electron chi connectivity index (χ3n) is 3.49. The van der Waals surface area contributed by atoms with E-state index in [0.29, 0.717) is 17.0 Å². The Balaban J connectivity index is 1.93. The molecule has 2 aromatic rings. The van der Waals surface area contributed by atoms with E-state index in [9.17, 15) is 13.6 Å². The second-order valence-corrected chi connectivity index (χ2v) is 5.14. The third kappa shape index (κ3) is 4.50. The van der Waals surface area contributed by atoms with Gasteiger partial charge in [-0.2, -0.15) is 0 Å². The SMILES string of the molecule is COc1ccccc1NC(=O)C[NH2+][C@@H](C)c1ccc(F)cc1F. The molecule has 1 amide bonds. The molecule has 0 bridgehead atoms. The van der Waals surface area contributed by atoms with E-state index in [1.54, 1.807) is 36.5 Å². The predicted molar refractivity (Wildman–Crippen MR) is 83.2 cm³/mol. The van der Waals surface area contributed by atoms with Crippen LogP contribution in [0.3, 0.4) is 0 Å². The average molecular weight is 321 g/mol. The largest absolute Gasteiger partial charge is 0.495 e. The molecule has 0 saturated heterocycles. The van der Waals surface area contributed by atoms with Gasteiger partial charge in [-0.3, -0.25) is 4.79 Å². The van der Waals surface area contributed by atoms with Crippen LogP contribution in [-0.2, 0) is 4.79 Å². The average Bonchev–Trinajstić information content (AvgIpc) is 2.53. The van der Waals surface area contributed by atoms with Crippen molar-refractivity contribution in [1.82, 2.24) is 0 Å².